The van der Waals surface area contributed by atoms with Gasteiger partial charge in [-0.15, -0.1) is 0 Å². The number of aromatic nitrogens is 1. The lowest BCUT2D eigenvalue weighted by Crippen LogP contribution is -3.16. The average molecular weight is 497 g/mol. The molecule has 0 bridgehead atoms. The van der Waals surface area contributed by atoms with Crippen LogP contribution in [0.1, 0.15) is 13.8 Å². The van der Waals surface area contributed by atoms with Gasteiger partial charge in [0.2, 0.25) is 0 Å². The summed E-state index contributed by atoms with van der Waals surface area (Å²) in [5.41, 5.74) is 2.31. The lowest BCUT2D eigenvalue weighted by molar-refractivity contribution is -0.918. The fourth-order valence-corrected chi connectivity index (χ4v) is 5.13. The number of aliphatic hydroxyl groups excluding tert-OH is 1. The van der Waals surface area contributed by atoms with E-state index in [2.05, 4.69) is 86.7 Å². The van der Waals surface area contributed by atoms with E-state index in [1.807, 2.05) is 0 Å². The first kappa shape index (κ1) is 19.4. The Balaban J connectivity index is 1.64. The van der Waals surface area contributed by atoms with E-state index in [4.69, 9.17) is 4.74 Å². The van der Waals surface area contributed by atoms with Gasteiger partial charge in [0.05, 0.1) is 6.54 Å². The molecular weight excluding hydrogens is 472 g/mol. The number of nitrogens with zero attached hydrogens (tertiary/aromatic N) is 1. The third-order valence-corrected chi connectivity index (χ3v) is 6.31. The fourth-order valence-electron chi connectivity index (χ4n) is 4.41. The average Bonchev–Trinajstić information content (AvgIpc) is 2.86. The quantitative estimate of drug-likeness (QED) is 0.581. The number of benzene rings is 2. The van der Waals surface area contributed by atoms with Gasteiger partial charge >= 0.3 is 0 Å². The van der Waals surface area contributed by atoms with Gasteiger partial charge in [-0.25, -0.2) is 0 Å². The SMILES string of the molecule is C[C@H]1C[NH+](C[C@H](O)Cn2c3ccc(Br)cc3c3cc(Br)ccc32)C[C@H](C)O1. The minimum atomic E-state index is -0.399. The summed E-state index contributed by atoms with van der Waals surface area (Å²) >= 11 is 7.18. The van der Waals surface area contributed by atoms with Gasteiger partial charge in [0.1, 0.15) is 37.9 Å². The Labute approximate surface area is 176 Å². The number of hydrogen-bond donors (Lipinski definition) is 2. The van der Waals surface area contributed by atoms with Crippen molar-refractivity contribution in [1.29, 1.82) is 0 Å². The molecule has 1 aliphatic rings. The molecule has 1 fully saturated rings. The van der Waals surface area contributed by atoms with E-state index < -0.39 is 6.10 Å². The molecule has 2 aromatic carbocycles. The van der Waals surface area contributed by atoms with Crippen LogP contribution in [0, 0.1) is 0 Å². The molecule has 0 unspecified atom stereocenters. The Morgan fingerprint density at radius 2 is 1.56 bits per heavy atom. The van der Waals surface area contributed by atoms with Gasteiger partial charge in [0.25, 0.3) is 0 Å². The van der Waals surface area contributed by atoms with Crippen molar-refractivity contribution in [3.63, 3.8) is 0 Å². The highest BCUT2D eigenvalue weighted by molar-refractivity contribution is 9.10. The predicted molar refractivity (Wildman–Crippen MR) is 116 cm³/mol. The van der Waals surface area contributed by atoms with Crippen LogP contribution in [0.2, 0.25) is 0 Å². The van der Waals surface area contributed by atoms with Crippen LogP contribution in [0.15, 0.2) is 45.3 Å². The lowest BCUT2D eigenvalue weighted by Gasteiger charge is -2.33. The molecule has 144 valence electrons. The van der Waals surface area contributed by atoms with E-state index in [9.17, 15) is 5.11 Å². The van der Waals surface area contributed by atoms with Crippen molar-refractivity contribution >= 4 is 53.7 Å². The summed E-state index contributed by atoms with van der Waals surface area (Å²) in [6.45, 7) is 7.47. The van der Waals surface area contributed by atoms with Gasteiger partial charge in [-0.1, -0.05) is 31.9 Å². The van der Waals surface area contributed by atoms with Crippen LogP contribution in [0.4, 0.5) is 0 Å². The normalized spacial score (nSPS) is 24.6. The van der Waals surface area contributed by atoms with Gasteiger partial charge in [-0.05, 0) is 50.2 Å². The highest BCUT2D eigenvalue weighted by atomic mass is 79.9. The van der Waals surface area contributed by atoms with E-state index >= 15 is 0 Å². The number of rotatable bonds is 4. The first-order valence-corrected chi connectivity index (χ1v) is 11.0. The molecule has 0 amide bonds. The van der Waals surface area contributed by atoms with Crippen LogP contribution in [0.5, 0.6) is 0 Å². The van der Waals surface area contributed by atoms with Crippen LogP contribution in [-0.2, 0) is 11.3 Å². The highest BCUT2D eigenvalue weighted by Gasteiger charge is 2.27. The molecule has 2 N–H and O–H groups in total. The van der Waals surface area contributed by atoms with Crippen molar-refractivity contribution in [2.45, 2.75) is 38.7 Å². The van der Waals surface area contributed by atoms with E-state index in [0.29, 0.717) is 6.54 Å². The van der Waals surface area contributed by atoms with Gasteiger partial charge in [-0.3, -0.25) is 0 Å². The molecule has 4 rings (SSSR count). The summed E-state index contributed by atoms with van der Waals surface area (Å²) in [6, 6.07) is 12.7. The third-order valence-electron chi connectivity index (χ3n) is 5.32. The number of quaternary nitrogens is 1. The molecule has 0 aliphatic carbocycles. The summed E-state index contributed by atoms with van der Waals surface area (Å²) < 4.78 is 10.2. The van der Waals surface area contributed by atoms with Crippen molar-refractivity contribution in [2.24, 2.45) is 0 Å². The second-order valence-corrected chi connectivity index (χ2v) is 9.54. The first-order chi connectivity index (χ1) is 12.9. The Morgan fingerprint density at radius 1 is 1.04 bits per heavy atom. The zero-order valence-electron chi connectivity index (χ0n) is 15.6. The Kier molecular flexibility index (Phi) is 5.63. The molecule has 3 atom stereocenters. The number of ether oxygens (including phenoxy) is 1. The van der Waals surface area contributed by atoms with Crippen molar-refractivity contribution in [3.8, 4) is 0 Å². The second-order valence-electron chi connectivity index (χ2n) is 7.71. The van der Waals surface area contributed by atoms with Crippen molar-refractivity contribution < 1.29 is 14.7 Å². The molecule has 1 aromatic heterocycles. The Hall–Kier alpha value is -0.920. The number of nitrogens with one attached hydrogen (secondary N) is 1. The molecular formula is C21H25Br2N2O2+. The maximum Gasteiger partial charge on any atom is 0.121 e. The summed E-state index contributed by atoms with van der Waals surface area (Å²) in [7, 11) is 0. The maximum absolute atomic E-state index is 10.9. The van der Waals surface area contributed by atoms with Crippen LogP contribution < -0.4 is 4.90 Å². The Bertz CT molecular complexity index is 902. The number of morpholine rings is 1. The fraction of sp³-hybridized carbons (Fsp3) is 0.429. The summed E-state index contributed by atoms with van der Waals surface area (Å²) in [5, 5.41) is 13.3. The van der Waals surface area contributed by atoms with Crippen LogP contribution in [0.25, 0.3) is 21.8 Å². The molecule has 27 heavy (non-hydrogen) atoms. The molecule has 1 saturated heterocycles. The Morgan fingerprint density at radius 3 is 2.07 bits per heavy atom. The standard InChI is InChI=1S/C21H24Br2N2O2/c1-13-9-24(10-14(2)27-13)11-17(26)12-25-20-5-3-15(22)7-18(20)19-8-16(23)4-6-21(19)25/h3-8,13-14,17,26H,9-12H2,1-2H3/p+1/t13-,14-,17-/m0/s1. The molecule has 0 saturated carbocycles. The third kappa shape index (κ3) is 4.10. The number of aliphatic hydroxyl groups is 1. The first-order valence-electron chi connectivity index (χ1n) is 9.45. The molecule has 6 heteroatoms. The number of fused-ring (bicyclic) bond motifs is 3. The largest absolute Gasteiger partial charge is 0.385 e. The predicted octanol–water partition coefficient (Wildman–Crippen LogP) is 3.37. The van der Waals surface area contributed by atoms with Gasteiger partial charge in [-0.2, -0.15) is 0 Å². The van der Waals surface area contributed by atoms with Crippen LogP contribution in [-0.4, -0.2) is 47.6 Å². The molecule has 0 radical (unpaired) electrons. The van der Waals surface area contributed by atoms with E-state index in [1.165, 1.54) is 15.7 Å². The van der Waals surface area contributed by atoms with Crippen molar-refractivity contribution in [1.82, 2.24) is 4.57 Å². The monoisotopic (exact) mass is 495 g/mol. The maximum atomic E-state index is 10.9. The molecule has 4 nitrogen and oxygen atoms in total. The molecule has 3 aromatic rings. The summed E-state index contributed by atoms with van der Waals surface area (Å²) in [4.78, 5) is 1.42. The van der Waals surface area contributed by atoms with Crippen LogP contribution >= 0.6 is 31.9 Å². The van der Waals surface area contributed by atoms with Gasteiger partial charge in [0, 0.05) is 30.8 Å². The van der Waals surface area contributed by atoms with Crippen molar-refractivity contribution in [3.05, 3.63) is 45.3 Å². The summed E-state index contributed by atoms with van der Waals surface area (Å²) in [5.74, 6) is 0. The minimum absolute atomic E-state index is 0.249. The lowest BCUT2D eigenvalue weighted by atomic mass is 10.2. The van der Waals surface area contributed by atoms with Gasteiger partial charge in [0.15, 0.2) is 0 Å². The topological polar surface area (TPSA) is 38.8 Å². The second kappa shape index (κ2) is 7.84. The van der Waals surface area contributed by atoms with E-state index in [-0.39, 0.29) is 12.2 Å². The minimum Gasteiger partial charge on any atom is -0.385 e. The van der Waals surface area contributed by atoms with E-state index in [0.717, 1.165) is 39.6 Å². The smallest absolute Gasteiger partial charge is 0.121 e. The molecule has 2 heterocycles. The van der Waals surface area contributed by atoms with E-state index in [1.54, 1.807) is 0 Å². The van der Waals surface area contributed by atoms with Crippen LogP contribution in [0.3, 0.4) is 0 Å². The number of hydrogen-bond acceptors (Lipinski definition) is 2. The zero-order valence-corrected chi connectivity index (χ0v) is 18.8. The number of halogens is 2. The summed E-state index contributed by atoms with van der Waals surface area (Å²) in [6.07, 6.45) is 0.0985. The van der Waals surface area contributed by atoms with Gasteiger partial charge < -0.3 is 19.3 Å². The molecule has 1 aliphatic heterocycles. The molecule has 0 spiro atoms. The zero-order chi connectivity index (χ0) is 19.1. The van der Waals surface area contributed by atoms with Crippen molar-refractivity contribution in [2.75, 3.05) is 19.6 Å². The highest BCUT2D eigenvalue weighted by Crippen LogP contribution is 2.33.